The molecule has 1 N–H and O–H groups in total. The van der Waals surface area contributed by atoms with Crippen LogP contribution in [0.15, 0.2) is 60.0 Å². The predicted molar refractivity (Wildman–Crippen MR) is 123 cm³/mol. The number of aromatic nitrogens is 3. The van der Waals surface area contributed by atoms with Crippen molar-refractivity contribution in [2.45, 2.75) is 37.8 Å². The molecule has 0 unspecified atom stereocenters. The molecular formula is C23H27N5OS. The van der Waals surface area contributed by atoms with Crippen molar-refractivity contribution in [3.63, 3.8) is 0 Å². The monoisotopic (exact) mass is 421 g/mol. The van der Waals surface area contributed by atoms with Crippen LogP contribution in [0.5, 0.6) is 0 Å². The summed E-state index contributed by atoms with van der Waals surface area (Å²) in [6.45, 7) is 4.36. The number of rotatable bonds is 7. The number of carbonyl (C=O) groups excluding carboxylic acids is 1. The molecule has 4 rings (SSSR count). The van der Waals surface area contributed by atoms with Crippen LogP contribution in [0.25, 0.3) is 5.69 Å². The van der Waals surface area contributed by atoms with Crippen LogP contribution in [0.3, 0.4) is 0 Å². The lowest BCUT2D eigenvalue weighted by molar-refractivity contribution is -0.113. The Kier molecular flexibility index (Phi) is 6.69. The van der Waals surface area contributed by atoms with E-state index in [4.69, 9.17) is 0 Å². The first kappa shape index (κ1) is 20.5. The van der Waals surface area contributed by atoms with Crippen molar-refractivity contribution in [1.29, 1.82) is 0 Å². The number of piperidine rings is 1. The quantitative estimate of drug-likeness (QED) is 0.567. The summed E-state index contributed by atoms with van der Waals surface area (Å²) in [7, 11) is 0. The van der Waals surface area contributed by atoms with Gasteiger partial charge < -0.3 is 10.2 Å². The van der Waals surface area contributed by atoms with Crippen LogP contribution >= 0.6 is 11.8 Å². The highest BCUT2D eigenvalue weighted by atomic mass is 32.2. The lowest BCUT2D eigenvalue weighted by atomic mass is 10.1. The molecule has 0 aliphatic carbocycles. The molecule has 30 heavy (non-hydrogen) atoms. The highest BCUT2D eigenvalue weighted by Gasteiger charge is 2.13. The first-order chi connectivity index (χ1) is 14.7. The van der Waals surface area contributed by atoms with E-state index in [2.05, 4.69) is 51.6 Å². The van der Waals surface area contributed by atoms with Crippen molar-refractivity contribution >= 4 is 29.0 Å². The molecule has 2 aromatic carbocycles. The Morgan fingerprint density at radius 2 is 1.83 bits per heavy atom. The van der Waals surface area contributed by atoms with Gasteiger partial charge in [-0.25, -0.2) is 0 Å². The Hall–Kier alpha value is -2.80. The highest BCUT2D eigenvalue weighted by molar-refractivity contribution is 7.99. The summed E-state index contributed by atoms with van der Waals surface area (Å²) < 4.78 is 1.95. The van der Waals surface area contributed by atoms with Gasteiger partial charge in [0.2, 0.25) is 5.91 Å². The van der Waals surface area contributed by atoms with Gasteiger partial charge in [-0.1, -0.05) is 36.9 Å². The number of anilines is 2. The van der Waals surface area contributed by atoms with E-state index in [1.807, 2.05) is 28.8 Å². The molecule has 0 bridgehead atoms. The molecule has 1 aliphatic rings. The maximum atomic E-state index is 12.5. The maximum absolute atomic E-state index is 12.5. The molecule has 2 heterocycles. The molecule has 1 amide bonds. The smallest absolute Gasteiger partial charge is 0.234 e. The molecular weight excluding hydrogens is 394 g/mol. The minimum atomic E-state index is -0.0518. The fourth-order valence-electron chi connectivity index (χ4n) is 3.77. The molecule has 156 valence electrons. The molecule has 1 saturated heterocycles. The summed E-state index contributed by atoms with van der Waals surface area (Å²) >= 11 is 1.39. The van der Waals surface area contributed by atoms with E-state index >= 15 is 0 Å². The van der Waals surface area contributed by atoms with Gasteiger partial charge in [0.15, 0.2) is 5.16 Å². The van der Waals surface area contributed by atoms with E-state index in [0.29, 0.717) is 5.16 Å². The van der Waals surface area contributed by atoms with Crippen LogP contribution in [-0.2, 0) is 11.2 Å². The van der Waals surface area contributed by atoms with Crippen molar-refractivity contribution in [3.05, 3.63) is 60.4 Å². The zero-order chi connectivity index (χ0) is 20.8. The molecule has 7 heteroatoms. The second kappa shape index (κ2) is 9.80. The van der Waals surface area contributed by atoms with Gasteiger partial charge in [-0.2, -0.15) is 0 Å². The second-order valence-electron chi connectivity index (χ2n) is 7.40. The third kappa shape index (κ3) is 4.84. The normalized spacial score (nSPS) is 14.0. The standard InChI is InChI=1S/C23H27N5OS/c1-2-18-8-4-5-9-21(18)28-17-24-26-23(28)30-16-22(29)25-19-10-12-20(13-11-19)27-14-6-3-7-15-27/h4-5,8-13,17H,2-3,6-7,14-16H2,1H3,(H,25,29). The molecule has 1 aliphatic heterocycles. The number of hydrogen-bond donors (Lipinski definition) is 1. The number of para-hydroxylation sites is 1. The zero-order valence-electron chi connectivity index (χ0n) is 17.3. The van der Waals surface area contributed by atoms with Gasteiger partial charge in [-0.15, -0.1) is 10.2 Å². The summed E-state index contributed by atoms with van der Waals surface area (Å²) in [6, 6.07) is 16.3. The van der Waals surface area contributed by atoms with Crippen molar-refractivity contribution in [3.8, 4) is 5.69 Å². The number of aryl methyl sites for hydroxylation is 1. The van der Waals surface area contributed by atoms with Crippen LogP contribution < -0.4 is 10.2 Å². The van der Waals surface area contributed by atoms with Gasteiger partial charge >= 0.3 is 0 Å². The Balaban J connectivity index is 1.35. The number of benzene rings is 2. The first-order valence-corrected chi connectivity index (χ1v) is 11.5. The van der Waals surface area contributed by atoms with Crippen LogP contribution in [-0.4, -0.2) is 39.5 Å². The van der Waals surface area contributed by atoms with E-state index < -0.39 is 0 Å². The van der Waals surface area contributed by atoms with E-state index in [-0.39, 0.29) is 11.7 Å². The first-order valence-electron chi connectivity index (χ1n) is 10.5. The van der Waals surface area contributed by atoms with Gasteiger partial charge in [0, 0.05) is 24.5 Å². The van der Waals surface area contributed by atoms with Gasteiger partial charge in [-0.05, 0) is 61.6 Å². The number of thioether (sulfide) groups is 1. The molecule has 0 radical (unpaired) electrons. The van der Waals surface area contributed by atoms with E-state index in [0.717, 1.165) is 30.9 Å². The molecule has 6 nitrogen and oxygen atoms in total. The lowest BCUT2D eigenvalue weighted by Gasteiger charge is -2.28. The molecule has 1 aromatic heterocycles. The largest absolute Gasteiger partial charge is 0.372 e. The van der Waals surface area contributed by atoms with E-state index in [1.165, 1.54) is 42.3 Å². The minimum absolute atomic E-state index is 0.0518. The fraction of sp³-hybridized carbons (Fsp3) is 0.348. The van der Waals surface area contributed by atoms with Crippen molar-refractivity contribution in [2.75, 3.05) is 29.1 Å². The average Bonchev–Trinajstić information content (AvgIpc) is 3.27. The Morgan fingerprint density at radius 3 is 2.60 bits per heavy atom. The van der Waals surface area contributed by atoms with Crippen LogP contribution in [0.4, 0.5) is 11.4 Å². The predicted octanol–water partition coefficient (Wildman–Crippen LogP) is 4.55. The van der Waals surface area contributed by atoms with Gasteiger partial charge in [0.1, 0.15) is 6.33 Å². The Labute approximate surface area is 181 Å². The average molecular weight is 422 g/mol. The molecule has 0 spiro atoms. The Bertz CT molecular complexity index is 979. The molecule has 0 atom stereocenters. The van der Waals surface area contributed by atoms with E-state index in [9.17, 15) is 4.79 Å². The molecule has 0 saturated carbocycles. The number of hydrogen-bond acceptors (Lipinski definition) is 5. The molecule has 3 aromatic rings. The van der Waals surface area contributed by atoms with Crippen LogP contribution in [0, 0.1) is 0 Å². The van der Waals surface area contributed by atoms with Crippen molar-refractivity contribution in [2.24, 2.45) is 0 Å². The summed E-state index contributed by atoms with van der Waals surface area (Å²) in [5.74, 6) is 0.227. The van der Waals surface area contributed by atoms with Gasteiger partial charge in [0.05, 0.1) is 11.4 Å². The Morgan fingerprint density at radius 1 is 1.07 bits per heavy atom. The van der Waals surface area contributed by atoms with Gasteiger partial charge in [0.25, 0.3) is 0 Å². The third-order valence-electron chi connectivity index (χ3n) is 5.35. The van der Waals surface area contributed by atoms with Gasteiger partial charge in [-0.3, -0.25) is 9.36 Å². The number of carbonyl (C=O) groups is 1. The number of amides is 1. The minimum Gasteiger partial charge on any atom is -0.372 e. The topological polar surface area (TPSA) is 63.1 Å². The molecule has 1 fully saturated rings. The summed E-state index contributed by atoms with van der Waals surface area (Å²) in [5.41, 5.74) is 4.32. The maximum Gasteiger partial charge on any atom is 0.234 e. The lowest BCUT2D eigenvalue weighted by Crippen LogP contribution is -2.29. The second-order valence-corrected chi connectivity index (χ2v) is 8.34. The third-order valence-corrected chi connectivity index (χ3v) is 6.30. The highest BCUT2D eigenvalue weighted by Crippen LogP contribution is 2.24. The fourth-order valence-corrected chi connectivity index (χ4v) is 4.49. The van der Waals surface area contributed by atoms with Crippen molar-refractivity contribution in [1.82, 2.24) is 14.8 Å². The SMILES string of the molecule is CCc1ccccc1-n1cnnc1SCC(=O)Nc1ccc(N2CCCCC2)cc1. The van der Waals surface area contributed by atoms with Crippen LogP contribution in [0.1, 0.15) is 31.7 Å². The number of nitrogens with zero attached hydrogens (tertiary/aromatic N) is 4. The summed E-state index contributed by atoms with van der Waals surface area (Å²) in [6.07, 6.45) is 6.45. The van der Waals surface area contributed by atoms with Crippen LogP contribution in [0.2, 0.25) is 0 Å². The zero-order valence-corrected chi connectivity index (χ0v) is 18.1. The summed E-state index contributed by atoms with van der Waals surface area (Å²) in [5, 5.41) is 11.9. The van der Waals surface area contributed by atoms with E-state index in [1.54, 1.807) is 6.33 Å². The number of nitrogens with one attached hydrogen (secondary N) is 1. The summed E-state index contributed by atoms with van der Waals surface area (Å²) in [4.78, 5) is 14.9. The van der Waals surface area contributed by atoms with Crippen molar-refractivity contribution < 1.29 is 4.79 Å².